The number of hydrogen-bond donors (Lipinski definition) is 0. The third-order valence-electron chi connectivity index (χ3n) is 6.01. The van der Waals surface area contributed by atoms with E-state index in [1.807, 2.05) is 6.07 Å². The first kappa shape index (κ1) is 16.7. The Hall–Kier alpha value is -1.13. The molecular formula is C19H27BO3. The highest BCUT2D eigenvalue weighted by atomic mass is 16.7. The van der Waals surface area contributed by atoms with Crippen molar-refractivity contribution in [2.45, 2.75) is 76.3 Å². The van der Waals surface area contributed by atoms with Crippen LogP contribution in [0.4, 0.5) is 0 Å². The molecule has 1 saturated heterocycles. The van der Waals surface area contributed by atoms with Crippen molar-refractivity contribution < 1.29 is 14.1 Å². The maximum Gasteiger partial charge on any atom is 0.458 e. The van der Waals surface area contributed by atoms with Crippen molar-refractivity contribution in [2.24, 2.45) is 0 Å². The van der Waals surface area contributed by atoms with Gasteiger partial charge in [-0.15, -0.1) is 0 Å². The number of carbonyl (C=O) groups is 1. The number of rotatable bonds is 3. The minimum atomic E-state index is -0.306. The number of ketones is 1. The molecule has 1 aromatic carbocycles. The Bertz CT molecular complexity index is 554. The summed E-state index contributed by atoms with van der Waals surface area (Å²) in [5.41, 5.74) is 0.679. The highest BCUT2D eigenvalue weighted by Crippen LogP contribution is 2.46. The Morgan fingerprint density at radius 2 is 1.48 bits per heavy atom. The van der Waals surface area contributed by atoms with Crippen LogP contribution in [0, 0.1) is 0 Å². The van der Waals surface area contributed by atoms with Crippen LogP contribution in [-0.4, -0.2) is 24.1 Å². The molecule has 0 aromatic heterocycles. The Balaban J connectivity index is 1.85. The van der Waals surface area contributed by atoms with Gasteiger partial charge < -0.3 is 9.31 Å². The van der Waals surface area contributed by atoms with Gasteiger partial charge in [0.05, 0.1) is 11.2 Å². The molecule has 0 N–H and O–H groups in total. The normalized spacial score (nSPS) is 25.6. The molecule has 0 bridgehead atoms. The van der Waals surface area contributed by atoms with Crippen molar-refractivity contribution in [2.75, 3.05) is 0 Å². The molecule has 3 nitrogen and oxygen atoms in total. The van der Waals surface area contributed by atoms with Gasteiger partial charge in [0.1, 0.15) is 5.78 Å². The monoisotopic (exact) mass is 314 g/mol. The highest BCUT2D eigenvalue weighted by molar-refractivity contribution is 6.46. The first-order chi connectivity index (χ1) is 10.7. The summed E-state index contributed by atoms with van der Waals surface area (Å²) in [6, 6.07) is 10.6. The quantitative estimate of drug-likeness (QED) is 0.786. The summed E-state index contributed by atoms with van der Waals surface area (Å²) >= 11 is 0. The molecule has 1 aliphatic heterocycles. The van der Waals surface area contributed by atoms with Crippen molar-refractivity contribution >= 4 is 12.9 Å². The van der Waals surface area contributed by atoms with Gasteiger partial charge in [0.2, 0.25) is 0 Å². The van der Waals surface area contributed by atoms with Gasteiger partial charge >= 0.3 is 7.12 Å². The van der Waals surface area contributed by atoms with Gasteiger partial charge in [0.15, 0.2) is 0 Å². The summed E-state index contributed by atoms with van der Waals surface area (Å²) in [6.07, 6.45) is 3.92. The molecule has 0 unspecified atom stereocenters. The maximum atomic E-state index is 11.8. The van der Waals surface area contributed by atoms with E-state index < -0.39 is 0 Å². The van der Waals surface area contributed by atoms with E-state index >= 15 is 0 Å². The average Bonchev–Trinajstić information content (AvgIpc) is 2.70. The zero-order valence-corrected chi connectivity index (χ0v) is 14.7. The van der Waals surface area contributed by atoms with E-state index in [9.17, 15) is 4.79 Å². The van der Waals surface area contributed by atoms with Crippen LogP contribution in [0.5, 0.6) is 0 Å². The van der Waals surface area contributed by atoms with Gasteiger partial charge in [-0.2, -0.15) is 0 Å². The molecule has 2 aliphatic rings. The molecule has 1 saturated carbocycles. The summed E-state index contributed by atoms with van der Waals surface area (Å²) in [5.74, 6) is 0.380. The molecule has 124 valence electrons. The largest absolute Gasteiger partial charge is 0.458 e. The molecule has 0 amide bonds. The SMILES string of the molecule is CC1(C)OB(CC2(c3ccccc3)CCC(=O)CC2)OC1(C)C. The van der Waals surface area contributed by atoms with Crippen molar-refractivity contribution in [3.8, 4) is 0 Å². The first-order valence-electron chi connectivity index (χ1n) is 8.67. The fourth-order valence-electron chi connectivity index (χ4n) is 3.78. The summed E-state index contributed by atoms with van der Waals surface area (Å²) in [5, 5.41) is 0. The Morgan fingerprint density at radius 3 is 2.00 bits per heavy atom. The van der Waals surface area contributed by atoms with Crippen molar-refractivity contribution in [1.29, 1.82) is 0 Å². The first-order valence-corrected chi connectivity index (χ1v) is 8.67. The molecule has 0 radical (unpaired) electrons. The third-order valence-corrected chi connectivity index (χ3v) is 6.01. The number of Topliss-reactive ketones (excluding diaryl/α,β-unsaturated/α-hetero) is 1. The number of benzene rings is 1. The fraction of sp³-hybridized carbons (Fsp3) is 0.632. The topological polar surface area (TPSA) is 35.5 Å². The molecule has 1 aliphatic carbocycles. The van der Waals surface area contributed by atoms with Crippen LogP contribution in [0.1, 0.15) is 58.9 Å². The standard InChI is InChI=1S/C19H27BO3/c1-17(2)18(3,4)23-20(22-17)14-19(12-10-16(21)11-13-19)15-8-6-5-7-9-15/h5-9H,10-14H2,1-4H3. The number of carbonyl (C=O) groups excluding carboxylic acids is 1. The van der Waals surface area contributed by atoms with Crippen LogP contribution in [0.3, 0.4) is 0 Å². The molecule has 0 atom stereocenters. The van der Waals surface area contributed by atoms with Crippen LogP contribution >= 0.6 is 0 Å². The second-order valence-corrected chi connectivity index (χ2v) is 8.08. The summed E-state index contributed by atoms with van der Waals surface area (Å²) in [6.45, 7) is 8.36. The number of hydrogen-bond acceptors (Lipinski definition) is 3. The Labute approximate surface area is 139 Å². The van der Waals surface area contributed by atoms with Gasteiger partial charge in [-0.3, -0.25) is 4.79 Å². The lowest BCUT2D eigenvalue weighted by Crippen LogP contribution is -2.41. The highest BCUT2D eigenvalue weighted by Gasteiger charge is 2.53. The van der Waals surface area contributed by atoms with Gasteiger partial charge in [-0.05, 0) is 57.8 Å². The molecule has 3 rings (SSSR count). The maximum absolute atomic E-state index is 11.8. The molecular weight excluding hydrogens is 287 g/mol. The lowest BCUT2D eigenvalue weighted by atomic mass is 9.58. The molecule has 23 heavy (non-hydrogen) atoms. The van der Waals surface area contributed by atoms with Crippen LogP contribution in [0.25, 0.3) is 0 Å². The molecule has 0 spiro atoms. The Morgan fingerprint density at radius 1 is 0.957 bits per heavy atom. The predicted octanol–water partition coefficient (Wildman–Crippen LogP) is 4.16. The van der Waals surface area contributed by atoms with E-state index in [-0.39, 0.29) is 23.7 Å². The van der Waals surface area contributed by atoms with Crippen molar-refractivity contribution in [1.82, 2.24) is 0 Å². The zero-order chi connectivity index (χ0) is 16.7. The van der Waals surface area contributed by atoms with E-state index in [4.69, 9.17) is 9.31 Å². The second kappa shape index (κ2) is 5.75. The second-order valence-electron chi connectivity index (χ2n) is 8.08. The lowest BCUT2D eigenvalue weighted by molar-refractivity contribution is -0.121. The summed E-state index contributed by atoms with van der Waals surface area (Å²) in [7, 11) is -0.214. The average molecular weight is 314 g/mol. The molecule has 1 heterocycles. The van der Waals surface area contributed by atoms with Gasteiger partial charge in [-0.1, -0.05) is 30.3 Å². The summed E-state index contributed by atoms with van der Waals surface area (Å²) < 4.78 is 12.5. The molecule has 4 heteroatoms. The summed E-state index contributed by atoms with van der Waals surface area (Å²) in [4.78, 5) is 11.8. The van der Waals surface area contributed by atoms with Crippen molar-refractivity contribution in [3.63, 3.8) is 0 Å². The predicted molar refractivity (Wildman–Crippen MR) is 92.5 cm³/mol. The Kier molecular flexibility index (Phi) is 4.18. The van der Waals surface area contributed by atoms with Gasteiger partial charge in [-0.25, -0.2) is 0 Å². The van der Waals surface area contributed by atoms with Gasteiger partial charge in [0.25, 0.3) is 0 Å². The van der Waals surface area contributed by atoms with Crippen LogP contribution < -0.4 is 0 Å². The molecule has 1 aromatic rings. The van der Waals surface area contributed by atoms with Crippen LogP contribution in [-0.2, 0) is 19.5 Å². The van der Waals surface area contributed by atoms with Crippen LogP contribution in [0.15, 0.2) is 30.3 Å². The minimum Gasteiger partial charge on any atom is -0.403 e. The fourth-order valence-corrected chi connectivity index (χ4v) is 3.78. The van der Waals surface area contributed by atoms with E-state index in [1.54, 1.807) is 0 Å². The zero-order valence-electron chi connectivity index (χ0n) is 14.7. The third kappa shape index (κ3) is 3.11. The van der Waals surface area contributed by atoms with Gasteiger partial charge in [0, 0.05) is 12.8 Å². The molecule has 2 fully saturated rings. The van der Waals surface area contributed by atoms with E-state index in [0.29, 0.717) is 18.6 Å². The van der Waals surface area contributed by atoms with E-state index in [0.717, 1.165) is 19.2 Å². The smallest absolute Gasteiger partial charge is 0.403 e. The van der Waals surface area contributed by atoms with E-state index in [2.05, 4.69) is 52.0 Å². The lowest BCUT2D eigenvalue weighted by Gasteiger charge is -2.38. The van der Waals surface area contributed by atoms with Crippen molar-refractivity contribution in [3.05, 3.63) is 35.9 Å². The van der Waals surface area contributed by atoms with E-state index in [1.165, 1.54) is 5.56 Å². The minimum absolute atomic E-state index is 0.0175. The van der Waals surface area contributed by atoms with Crippen LogP contribution in [0.2, 0.25) is 6.32 Å².